The molecule has 1 amide bonds. The maximum Gasteiger partial charge on any atom is 0.364 e. The number of aryl methyl sites for hydroxylation is 1. The Bertz CT molecular complexity index is 1370. The van der Waals surface area contributed by atoms with E-state index in [1.165, 1.54) is 37.5 Å². The minimum Gasteiger partial charge on any atom is -0.455 e. The fourth-order valence-corrected chi connectivity index (χ4v) is 3.11. The second kappa shape index (κ2) is 8.39. The van der Waals surface area contributed by atoms with E-state index in [0.29, 0.717) is 5.75 Å². The third-order valence-corrected chi connectivity index (χ3v) is 4.50. The van der Waals surface area contributed by atoms with Crippen LogP contribution in [-0.2, 0) is 5.38 Å². The van der Waals surface area contributed by atoms with Crippen LogP contribution in [0.3, 0.4) is 0 Å². The summed E-state index contributed by atoms with van der Waals surface area (Å²) in [5.74, 6) is -0.412. The van der Waals surface area contributed by atoms with Crippen molar-refractivity contribution in [2.24, 2.45) is 0 Å². The SMILES string of the molecule is Cc1cc(C(F)(F)Cl)n2nc(C(=O)Nc3cc(Oc4cccnc4)cc([N+](=O)[O-])c3)cc2n1. The number of rotatable bonds is 6. The molecule has 0 fully saturated rings. The molecule has 3 heterocycles. The molecule has 10 nitrogen and oxygen atoms in total. The number of carbonyl (C=O) groups is 1. The fourth-order valence-electron chi connectivity index (χ4n) is 2.97. The van der Waals surface area contributed by atoms with Gasteiger partial charge in [-0.15, -0.1) is 0 Å². The minimum absolute atomic E-state index is 0.0184. The van der Waals surface area contributed by atoms with Crippen LogP contribution >= 0.6 is 11.6 Å². The highest BCUT2D eigenvalue weighted by Crippen LogP contribution is 2.33. The van der Waals surface area contributed by atoms with Crippen molar-refractivity contribution in [3.8, 4) is 11.5 Å². The van der Waals surface area contributed by atoms with Crippen molar-refractivity contribution in [1.29, 1.82) is 0 Å². The van der Waals surface area contributed by atoms with Crippen LogP contribution in [0.4, 0.5) is 20.2 Å². The monoisotopic (exact) mass is 474 g/mol. The van der Waals surface area contributed by atoms with E-state index in [-0.39, 0.29) is 34.2 Å². The van der Waals surface area contributed by atoms with Gasteiger partial charge in [0.05, 0.1) is 22.9 Å². The highest BCUT2D eigenvalue weighted by molar-refractivity contribution is 6.21. The molecule has 0 aliphatic heterocycles. The number of anilines is 1. The minimum atomic E-state index is -3.75. The number of ether oxygens (including phenoxy) is 1. The van der Waals surface area contributed by atoms with Gasteiger partial charge < -0.3 is 10.1 Å². The lowest BCUT2D eigenvalue weighted by Gasteiger charge is -2.10. The average Bonchev–Trinajstić information content (AvgIpc) is 3.17. The first-order chi connectivity index (χ1) is 15.6. The summed E-state index contributed by atoms with van der Waals surface area (Å²) in [6, 6.07) is 9.11. The number of hydrogen-bond acceptors (Lipinski definition) is 7. The van der Waals surface area contributed by atoms with Gasteiger partial charge in [-0.3, -0.25) is 19.9 Å². The summed E-state index contributed by atoms with van der Waals surface area (Å²) in [4.78, 5) is 31.3. The molecule has 0 saturated heterocycles. The zero-order chi connectivity index (χ0) is 23.8. The van der Waals surface area contributed by atoms with E-state index in [1.807, 2.05) is 0 Å². The molecule has 1 N–H and O–H groups in total. The van der Waals surface area contributed by atoms with E-state index in [9.17, 15) is 23.7 Å². The normalized spacial score (nSPS) is 11.4. The molecule has 0 radical (unpaired) electrons. The maximum absolute atomic E-state index is 13.8. The number of carbonyl (C=O) groups excluding carboxylic acids is 1. The van der Waals surface area contributed by atoms with E-state index < -0.39 is 21.9 Å². The van der Waals surface area contributed by atoms with Crippen LogP contribution in [0.1, 0.15) is 21.9 Å². The van der Waals surface area contributed by atoms with Crippen molar-refractivity contribution in [2.45, 2.75) is 12.3 Å². The van der Waals surface area contributed by atoms with Crippen LogP contribution in [0.15, 0.2) is 54.9 Å². The molecule has 13 heteroatoms. The first-order valence-corrected chi connectivity index (χ1v) is 9.61. The lowest BCUT2D eigenvalue weighted by atomic mass is 10.2. The van der Waals surface area contributed by atoms with E-state index in [0.717, 1.165) is 16.6 Å². The van der Waals surface area contributed by atoms with Gasteiger partial charge in [-0.2, -0.15) is 13.9 Å². The van der Waals surface area contributed by atoms with E-state index in [1.54, 1.807) is 12.1 Å². The molecular formula is C20H13ClF2N6O4. The number of hydrogen-bond donors (Lipinski definition) is 1. The number of nitrogens with one attached hydrogen (secondary N) is 1. The molecular weight excluding hydrogens is 462 g/mol. The van der Waals surface area contributed by atoms with Crippen molar-refractivity contribution in [2.75, 3.05) is 5.32 Å². The average molecular weight is 475 g/mol. The highest BCUT2D eigenvalue weighted by atomic mass is 35.5. The molecule has 0 atom stereocenters. The van der Waals surface area contributed by atoms with Gasteiger partial charge in [0, 0.05) is 30.1 Å². The van der Waals surface area contributed by atoms with Crippen LogP contribution < -0.4 is 10.1 Å². The Morgan fingerprint density at radius 3 is 2.70 bits per heavy atom. The van der Waals surface area contributed by atoms with Gasteiger partial charge in [0.25, 0.3) is 11.6 Å². The Balaban J connectivity index is 1.67. The second-order valence-corrected chi connectivity index (χ2v) is 7.27. The lowest BCUT2D eigenvalue weighted by Crippen LogP contribution is -2.15. The van der Waals surface area contributed by atoms with Crippen LogP contribution in [0.5, 0.6) is 11.5 Å². The van der Waals surface area contributed by atoms with Crippen molar-refractivity contribution in [1.82, 2.24) is 19.6 Å². The van der Waals surface area contributed by atoms with Gasteiger partial charge in [-0.25, -0.2) is 9.50 Å². The molecule has 0 unspecified atom stereocenters. The summed E-state index contributed by atoms with van der Waals surface area (Å²) in [6.45, 7) is 1.49. The predicted molar refractivity (Wildman–Crippen MR) is 113 cm³/mol. The molecule has 0 bridgehead atoms. The van der Waals surface area contributed by atoms with Gasteiger partial charge in [0.1, 0.15) is 17.2 Å². The zero-order valence-corrected chi connectivity index (χ0v) is 17.5. The predicted octanol–water partition coefficient (Wildman–Crippen LogP) is 4.67. The number of nitro groups is 1. The number of pyridine rings is 1. The van der Waals surface area contributed by atoms with Crippen molar-refractivity contribution < 1.29 is 23.2 Å². The molecule has 1 aromatic carbocycles. The van der Waals surface area contributed by atoms with Gasteiger partial charge in [-0.05, 0) is 36.7 Å². The molecule has 0 aliphatic rings. The number of halogens is 3. The van der Waals surface area contributed by atoms with Gasteiger partial charge in [0.15, 0.2) is 11.3 Å². The standard InChI is InChI=1S/C20H13ClF2N6O4/c1-11-5-17(20(21,22)23)28-18(25-11)9-16(27-28)19(30)26-12-6-13(29(31)32)8-15(7-12)33-14-3-2-4-24-10-14/h2-10H,1H3,(H,26,30). The Kier molecular flexibility index (Phi) is 5.60. The summed E-state index contributed by atoms with van der Waals surface area (Å²) in [5.41, 5.74) is -0.999. The van der Waals surface area contributed by atoms with Crippen LogP contribution in [0.2, 0.25) is 0 Å². The number of amides is 1. The Hall–Kier alpha value is -4.19. The first kappa shape index (κ1) is 22.0. The highest BCUT2D eigenvalue weighted by Gasteiger charge is 2.32. The Morgan fingerprint density at radius 2 is 2.03 bits per heavy atom. The molecule has 0 spiro atoms. The van der Waals surface area contributed by atoms with E-state index >= 15 is 0 Å². The molecule has 4 aromatic rings. The van der Waals surface area contributed by atoms with E-state index in [4.69, 9.17) is 16.3 Å². The van der Waals surface area contributed by atoms with Gasteiger partial charge in [-0.1, -0.05) is 0 Å². The van der Waals surface area contributed by atoms with Crippen molar-refractivity contribution >= 4 is 34.5 Å². The molecule has 3 aromatic heterocycles. The summed E-state index contributed by atoms with van der Waals surface area (Å²) >= 11 is 5.15. The summed E-state index contributed by atoms with van der Waals surface area (Å²) in [7, 11) is 0. The number of nitro benzene ring substituents is 1. The number of fused-ring (bicyclic) bond motifs is 1. The number of nitrogens with zero attached hydrogens (tertiary/aromatic N) is 5. The topological polar surface area (TPSA) is 125 Å². The third-order valence-electron chi connectivity index (χ3n) is 4.31. The summed E-state index contributed by atoms with van der Waals surface area (Å²) in [5, 5.41) is 13.9. The van der Waals surface area contributed by atoms with Crippen LogP contribution in [-0.4, -0.2) is 30.4 Å². The molecule has 4 rings (SSSR count). The second-order valence-electron chi connectivity index (χ2n) is 6.80. The van der Waals surface area contributed by atoms with Crippen molar-refractivity contribution in [3.63, 3.8) is 0 Å². The van der Waals surface area contributed by atoms with Gasteiger partial charge >= 0.3 is 5.38 Å². The van der Waals surface area contributed by atoms with Crippen molar-refractivity contribution in [3.05, 3.63) is 82.1 Å². The zero-order valence-electron chi connectivity index (χ0n) is 16.7. The fraction of sp³-hybridized carbons (Fsp3) is 0.100. The molecule has 33 heavy (non-hydrogen) atoms. The maximum atomic E-state index is 13.8. The summed E-state index contributed by atoms with van der Waals surface area (Å²) < 4.78 is 33.8. The van der Waals surface area contributed by atoms with Gasteiger partial charge in [0.2, 0.25) is 0 Å². The quantitative estimate of drug-likeness (QED) is 0.244. The molecule has 0 aliphatic carbocycles. The number of aromatic nitrogens is 4. The summed E-state index contributed by atoms with van der Waals surface area (Å²) in [6.07, 6.45) is 2.94. The number of non-ortho nitro benzene ring substituents is 1. The number of alkyl halides is 3. The smallest absolute Gasteiger partial charge is 0.364 e. The Morgan fingerprint density at radius 1 is 1.24 bits per heavy atom. The lowest BCUT2D eigenvalue weighted by molar-refractivity contribution is -0.384. The van der Waals surface area contributed by atoms with Crippen LogP contribution in [0.25, 0.3) is 5.65 Å². The molecule has 0 saturated carbocycles. The third kappa shape index (κ3) is 4.85. The largest absolute Gasteiger partial charge is 0.455 e. The number of benzene rings is 1. The van der Waals surface area contributed by atoms with Crippen LogP contribution in [0, 0.1) is 17.0 Å². The first-order valence-electron chi connectivity index (χ1n) is 9.23. The molecule has 168 valence electrons. The Labute approximate surface area is 188 Å². The van der Waals surface area contributed by atoms with E-state index in [2.05, 4.69) is 20.4 Å².